The molecule has 0 spiro atoms. The number of nitrogens with zero attached hydrogens (tertiary/aromatic N) is 3. The first-order valence-corrected chi connectivity index (χ1v) is 11.0. The maximum Gasteiger partial charge on any atom is 0.253 e. The second kappa shape index (κ2) is 9.39. The minimum atomic E-state index is -0.241. The molecule has 31 heavy (non-hydrogen) atoms. The van der Waals surface area contributed by atoms with Crippen LogP contribution in [0.5, 0.6) is 0 Å². The zero-order valence-corrected chi connectivity index (χ0v) is 18.9. The van der Waals surface area contributed by atoms with Gasteiger partial charge >= 0.3 is 0 Å². The summed E-state index contributed by atoms with van der Waals surface area (Å²) < 4.78 is 0.971. The minimum absolute atomic E-state index is 0.0301. The maximum atomic E-state index is 13.0. The molecular weight excluding hydrogens is 456 g/mol. The topological polar surface area (TPSA) is 75.2 Å². The van der Waals surface area contributed by atoms with Gasteiger partial charge in [0.15, 0.2) is 0 Å². The van der Waals surface area contributed by atoms with Crippen LogP contribution >= 0.6 is 15.9 Å². The predicted molar refractivity (Wildman–Crippen MR) is 123 cm³/mol. The van der Waals surface area contributed by atoms with Gasteiger partial charge in [0.25, 0.3) is 11.8 Å². The average Bonchev–Trinajstić information content (AvgIpc) is 3.33. The van der Waals surface area contributed by atoms with Crippen molar-refractivity contribution in [3.8, 4) is 11.1 Å². The van der Waals surface area contributed by atoms with E-state index in [4.69, 9.17) is 0 Å². The van der Waals surface area contributed by atoms with E-state index in [1.165, 1.54) is 0 Å². The van der Waals surface area contributed by atoms with Crippen LogP contribution in [0.1, 0.15) is 44.9 Å². The fourth-order valence-electron chi connectivity index (χ4n) is 3.59. The van der Waals surface area contributed by atoms with Crippen molar-refractivity contribution in [2.75, 3.05) is 13.1 Å². The summed E-state index contributed by atoms with van der Waals surface area (Å²) in [5.41, 5.74) is 3.58. The lowest BCUT2D eigenvalue weighted by molar-refractivity contribution is 0.0793. The van der Waals surface area contributed by atoms with Gasteiger partial charge in [-0.3, -0.25) is 9.59 Å². The molecule has 0 saturated carbocycles. The van der Waals surface area contributed by atoms with Crippen LogP contribution in [0.2, 0.25) is 0 Å². The van der Waals surface area contributed by atoms with E-state index in [-0.39, 0.29) is 11.8 Å². The molecule has 2 amide bonds. The molecule has 2 heterocycles. The number of halogens is 1. The van der Waals surface area contributed by atoms with Gasteiger partial charge in [-0.25, -0.2) is 9.97 Å². The van der Waals surface area contributed by atoms with Crippen molar-refractivity contribution in [1.29, 1.82) is 0 Å². The van der Waals surface area contributed by atoms with Crippen LogP contribution in [0.3, 0.4) is 0 Å². The first kappa shape index (κ1) is 21.2. The fourth-order valence-corrected chi connectivity index (χ4v) is 3.85. The minimum Gasteiger partial charge on any atom is -0.348 e. The summed E-state index contributed by atoms with van der Waals surface area (Å²) in [4.78, 5) is 36.1. The second-order valence-electron chi connectivity index (χ2n) is 7.63. The molecule has 0 aliphatic carbocycles. The molecule has 0 radical (unpaired) electrons. The van der Waals surface area contributed by atoms with Crippen molar-refractivity contribution in [3.63, 3.8) is 0 Å². The van der Waals surface area contributed by atoms with Gasteiger partial charge in [-0.2, -0.15) is 0 Å². The third kappa shape index (κ3) is 5.17. The lowest BCUT2D eigenvalue weighted by atomic mass is 9.98. The third-order valence-electron chi connectivity index (χ3n) is 5.30. The second-order valence-corrected chi connectivity index (χ2v) is 8.54. The molecule has 1 aliphatic rings. The lowest BCUT2D eigenvalue weighted by Gasteiger charge is -2.17. The first-order valence-electron chi connectivity index (χ1n) is 10.3. The van der Waals surface area contributed by atoms with Gasteiger partial charge in [-0.1, -0.05) is 28.1 Å². The van der Waals surface area contributed by atoms with E-state index >= 15 is 0 Å². The zero-order chi connectivity index (χ0) is 21.8. The summed E-state index contributed by atoms with van der Waals surface area (Å²) in [6.45, 7) is 3.65. The van der Waals surface area contributed by atoms with Gasteiger partial charge in [0.1, 0.15) is 5.82 Å². The van der Waals surface area contributed by atoms with E-state index in [9.17, 15) is 9.59 Å². The molecule has 1 fully saturated rings. The summed E-state index contributed by atoms with van der Waals surface area (Å²) in [5.74, 6) is 0.412. The molecule has 1 saturated heterocycles. The van der Waals surface area contributed by atoms with Crippen LogP contribution in [0.4, 0.5) is 0 Å². The Labute approximate surface area is 189 Å². The van der Waals surface area contributed by atoms with Crippen molar-refractivity contribution in [1.82, 2.24) is 20.2 Å². The molecule has 3 aromatic rings. The SMILES string of the molecule is Cc1ncc(CNC(=O)c2cc(C(=O)N3CCCC3)cc(-c3ccc(Br)cc3)c2)cn1. The molecule has 0 unspecified atom stereocenters. The number of amides is 2. The Balaban J connectivity index is 1.63. The molecule has 158 valence electrons. The van der Waals surface area contributed by atoms with E-state index in [2.05, 4.69) is 31.2 Å². The number of hydrogen-bond acceptors (Lipinski definition) is 4. The van der Waals surface area contributed by atoms with Crippen molar-refractivity contribution in [2.45, 2.75) is 26.3 Å². The van der Waals surface area contributed by atoms with Gasteiger partial charge in [-0.15, -0.1) is 0 Å². The number of carbonyl (C=O) groups is 2. The van der Waals surface area contributed by atoms with Crippen LogP contribution in [-0.4, -0.2) is 39.8 Å². The highest BCUT2D eigenvalue weighted by Gasteiger charge is 2.21. The Hall–Kier alpha value is -3.06. The van der Waals surface area contributed by atoms with Crippen molar-refractivity contribution >= 4 is 27.7 Å². The highest BCUT2D eigenvalue weighted by molar-refractivity contribution is 9.10. The summed E-state index contributed by atoms with van der Waals surface area (Å²) in [7, 11) is 0. The molecular formula is C24H23BrN4O2. The van der Waals surface area contributed by atoms with E-state index in [0.717, 1.165) is 47.1 Å². The maximum absolute atomic E-state index is 13.0. The molecule has 6 nitrogen and oxygen atoms in total. The zero-order valence-electron chi connectivity index (χ0n) is 17.3. The number of aryl methyl sites for hydroxylation is 1. The van der Waals surface area contributed by atoms with Crippen LogP contribution in [0.15, 0.2) is 59.3 Å². The Morgan fingerprint density at radius 2 is 1.61 bits per heavy atom. The molecule has 0 atom stereocenters. The van der Waals surface area contributed by atoms with Gasteiger partial charge in [0.05, 0.1) is 0 Å². The van der Waals surface area contributed by atoms with Crippen LogP contribution in [0, 0.1) is 6.92 Å². The fraction of sp³-hybridized carbons (Fsp3) is 0.250. The quantitative estimate of drug-likeness (QED) is 0.590. The molecule has 7 heteroatoms. The Kier molecular flexibility index (Phi) is 6.42. The molecule has 1 N–H and O–H groups in total. The lowest BCUT2D eigenvalue weighted by Crippen LogP contribution is -2.28. The molecule has 1 aromatic heterocycles. The molecule has 2 aromatic carbocycles. The van der Waals surface area contributed by atoms with E-state index in [0.29, 0.717) is 23.5 Å². The van der Waals surface area contributed by atoms with Gasteiger partial charge in [0, 0.05) is 53.2 Å². The Morgan fingerprint density at radius 1 is 0.968 bits per heavy atom. The van der Waals surface area contributed by atoms with E-state index in [1.807, 2.05) is 48.2 Å². The summed E-state index contributed by atoms with van der Waals surface area (Å²) in [5, 5.41) is 2.91. The monoisotopic (exact) mass is 478 g/mol. The average molecular weight is 479 g/mol. The van der Waals surface area contributed by atoms with Gasteiger partial charge < -0.3 is 10.2 Å². The van der Waals surface area contributed by atoms with E-state index < -0.39 is 0 Å². The van der Waals surface area contributed by atoms with Crippen LogP contribution in [-0.2, 0) is 6.54 Å². The summed E-state index contributed by atoms with van der Waals surface area (Å²) in [6.07, 6.45) is 5.43. The van der Waals surface area contributed by atoms with Crippen molar-refractivity contribution in [2.24, 2.45) is 0 Å². The smallest absolute Gasteiger partial charge is 0.253 e. The van der Waals surface area contributed by atoms with Gasteiger partial charge in [-0.05, 0) is 61.2 Å². The van der Waals surface area contributed by atoms with Crippen LogP contribution in [0.25, 0.3) is 11.1 Å². The van der Waals surface area contributed by atoms with E-state index in [1.54, 1.807) is 18.5 Å². The molecule has 0 bridgehead atoms. The largest absolute Gasteiger partial charge is 0.348 e. The Bertz CT molecular complexity index is 1090. The number of aromatic nitrogens is 2. The number of carbonyl (C=O) groups excluding carboxylic acids is 2. The number of likely N-dealkylation sites (tertiary alicyclic amines) is 1. The van der Waals surface area contributed by atoms with Crippen LogP contribution < -0.4 is 5.32 Å². The number of benzene rings is 2. The highest BCUT2D eigenvalue weighted by Crippen LogP contribution is 2.26. The van der Waals surface area contributed by atoms with Crippen molar-refractivity contribution in [3.05, 3.63) is 81.8 Å². The standard InChI is InChI=1S/C24H23BrN4O2/c1-16-26-13-17(14-27-16)15-28-23(30)20-10-19(18-4-6-22(25)7-5-18)11-21(12-20)24(31)29-8-2-3-9-29/h4-7,10-14H,2-3,8-9,15H2,1H3,(H,28,30). The summed E-state index contributed by atoms with van der Waals surface area (Å²) >= 11 is 3.45. The number of nitrogens with one attached hydrogen (secondary N) is 1. The number of rotatable bonds is 5. The first-order chi connectivity index (χ1) is 15.0. The molecule has 4 rings (SSSR count). The molecule has 1 aliphatic heterocycles. The predicted octanol–water partition coefficient (Wildman–Crippen LogP) is 4.38. The highest BCUT2D eigenvalue weighted by atomic mass is 79.9. The Morgan fingerprint density at radius 3 is 2.29 bits per heavy atom. The van der Waals surface area contributed by atoms with Crippen molar-refractivity contribution < 1.29 is 9.59 Å². The summed E-state index contributed by atoms with van der Waals surface area (Å²) in [6, 6.07) is 13.2. The third-order valence-corrected chi connectivity index (χ3v) is 5.83. The normalized spacial score (nSPS) is 13.3. The van der Waals surface area contributed by atoms with Gasteiger partial charge in [0.2, 0.25) is 0 Å². The number of hydrogen-bond donors (Lipinski definition) is 1.